The monoisotopic (exact) mass is 274 g/mol. The van der Waals surface area contributed by atoms with E-state index in [9.17, 15) is 10.1 Å². The summed E-state index contributed by atoms with van der Waals surface area (Å²) < 4.78 is 5.51. The van der Waals surface area contributed by atoms with Crippen molar-refractivity contribution in [3.63, 3.8) is 0 Å². The molecule has 0 bridgehead atoms. The summed E-state index contributed by atoms with van der Waals surface area (Å²) in [6, 6.07) is 7.71. The number of rotatable bonds is 5. The van der Waals surface area contributed by atoms with E-state index in [0.29, 0.717) is 11.6 Å². The molecule has 0 saturated heterocycles. The van der Waals surface area contributed by atoms with Crippen LogP contribution < -0.4 is 10.1 Å². The van der Waals surface area contributed by atoms with Crippen LogP contribution in [0.3, 0.4) is 0 Å². The lowest BCUT2D eigenvalue weighted by atomic mass is 10.3. The van der Waals surface area contributed by atoms with Gasteiger partial charge in [-0.25, -0.2) is 9.97 Å². The Morgan fingerprint density at radius 2 is 2.00 bits per heavy atom. The number of aryl methyl sites for hydroxylation is 1. The van der Waals surface area contributed by atoms with Crippen LogP contribution in [-0.2, 0) is 6.61 Å². The van der Waals surface area contributed by atoms with Gasteiger partial charge in [0.25, 0.3) is 5.69 Å². The van der Waals surface area contributed by atoms with Crippen LogP contribution in [0.2, 0.25) is 0 Å². The zero-order valence-corrected chi connectivity index (χ0v) is 11.2. The Labute approximate surface area is 115 Å². The molecule has 2 rings (SSSR count). The van der Waals surface area contributed by atoms with Crippen molar-refractivity contribution >= 4 is 11.5 Å². The molecule has 7 nitrogen and oxygen atoms in total. The van der Waals surface area contributed by atoms with Crippen molar-refractivity contribution in [2.45, 2.75) is 13.5 Å². The Bertz CT molecular complexity index is 614. The number of nitrogens with one attached hydrogen (secondary N) is 1. The van der Waals surface area contributed by atoms with Gasteiger partial charge in [0.05, 0.1) is 4.92 Å². The first-order valence-corrected chi connectivity index (χ1v) is 5.98. The number of ether oxygens (including phenoxy) is 1. The Balaban J connectivity index is 2.04. The van der Waals surface area contributed by atoms with Gasteiger partial charge in [0.15, 0.2) is 5.82 Å². The molecule has 7 heteroatoms. The number of nitrogens with zero attached hydrogens (tertiary/aromatic N) is 3. The molecule has 104 valence electrons. The molecule has 1 heterocycles. The number of hydrogen-bond donors (Lipinski definition) is 1. The minimum atomic E-state index is -0.452. The third-order valence-electron chi connectivity index (χ3n) is 2.57. The second-order valence-electron chi connectivity index (χ2n) is 4.10. The minimum absolute atomic E-state index is 0.0293. The first-order valence-electron chi connectivity index (χ1n) is 5.98. The zero-order chi connectivity index (χ0) is 14.5. The summed E-state index contributed by atoms with van der Waals surface area (Å²) in [4.78, 5) is 18.6. The average molecular weight is 274 g/mol. The summed E-state index contributed by atoms with van der Waals surface area (Å²) in [5.41, 5.74) is 0.869. The van der Waals surface area contributed by atoms with Gasteiger partial charge in [-0.1, -0.05) is 0 Å². The first-order chi connectivity index (χ1) is 9.58. The molecule has 0 aliphatic heterocycles. The first kappa shape index (κ1) is 13.7. The fourth-order valence-corrected chi connectivity index (χ4v) is 1.63. The standard InChI is InChI=1S/C13H14N4O3/c1-9-7-12(14-2)16-13(15-9)8-20-11-5-3-10(4-6-11)17(18)19/h3-7H,8H2,1-2H3,(H,14,15,16). The molecule has 0 saturated carbocycles. The molecular formula is C13H14N4O3. The highest BCUT2D eigenvalue weighted by molar-refractivity contribution is 5.36. The Morgan fingerprint density at radius 1 is 1.30 bits per heavy atom. The van der Waals surface area contributed by atoms with Crippen LogP contribution in [0.4, 0.5) is 11.5 Å². The average Bonchev–Trinajstić information content (AvgIpc) is 2.45. The van der Waals surface area contributed by atoms with Crippen molar-refractivity contribution in [1.29, 1.82) is 0 Å². The highest BCUT2D eigenvalue weighted by Gasteiger charge is 2.06. The van der Waals surface area contributed by atoms with Gasteiger partial charge in [0, 0.05) is 30.9 Å². The fraction of sp³-hybridized carbons (Fsp3) is 0.231. The van der Waals surface area contributed by atoms with Gasteiger partial charge in [-0.05, 0) is 19.1 Å². The van der Waals surface area contributed by atoms with Gasteiger partial charge in [-0.15, -0.1) is 0 Å². The summed E-state index contributed by atoms with van der Waals surface area (Å²) in [5, 5.41) is 13.5. The molecule has 0 aliphatic carbocycles. The number of hydrogen-bond acceptors (Lipinski definition) is 6. The van der Waals surface area contributed by atoms with Gasteiger partial charge < -0.3 is 10.1 Å². The van der Waals surface area contributed by atoms with Gasteiger partial charge in [-0.3, -0.25) is 10.1 Å². The lowest BCUT2D eigenvalue weighted by Gasteiger charge is -2.07. The minimum Gasteiger partial charge on any atom is -0.486 e. The summed E-state index contributed by atoms with van der Waals surface area (Å²) in [5.74, 6) is 1.80. The Kier molecular flexibility index (Phi) is 4.09. The molecule has 1 aromatic carbocycles. The van der Waals surface area contributed by atoms with E-state index >= 15 is 0 Å². The van der Waals surface area contributed by atoms with Gasteiger partial charge in [-0.2, -0.15) is 0 Å². The summed E-state index contributed by atoms with van der Waals surface area (Å²) in [7, 11) is 1.78. The molecule has 0 unspecified atom stereocenters. The van der Waals surface area contributed by atoms with Crippen molar-refractivity contribution in [3.05, 3.63) is 52.0 Å². The molecular weight excluding hydrogens is 260 g/mol. The summed E-state index contributed by atoms with van der Waals surface area (Å²) in [6.45, 7) is 2.08. The van der Waals surface area contributed by atoms with Gasteiger partial charge in [0.1, 0.15) is 18.2 Å². The van der Waals surface area contributed by atoms with Crippen molar-refractivity contribution in [2.75, 3.05) is 12.4 Å². The topological polar surface area (TPSA) is 90.2 Å². The van der Waals surface area contributed by atoms with E-state index in [-0.39, 0.29) is 12.3 Å². The largest absolute Gasteiger partial charge is 0.486 e. The van der Waals surface area contributed by atoms with E-state index in [0.717, 1.165) is 11.5 Å². The molecule has 2 aromatic rings. The number of nitro groups is 1. The highest BCUT2D eigenvalue weighted by Crippen LogP contribution is 2.18. The van der Waals surface area contributed by atoms with E-state index in [4.69, 9.17) is 4.74 Å². The smallest absolute Gasteiger partial charge is 0.269 e. The zero-order valence-electron chi connectivity index (χ0n) is 11.2. The van der Waals surface area contributed by atoms with Crippen LogP contribution in [-0.4, -0.2) is 21.9 Å². The van der Waals surface area contributed by atoms with E-state index in [1.807, 2.05) is 13.0 Å². The van der Waals surface area contributed by atoms with E-state index in [1.165, 1.54) is 12.1 Å². The van der Waals surface area contributed by atoms with Crippen LogP contribution in [0, 0.1) is 17.0 Å². The van der Waals surface area contributed by atoms with Crippen molar-refractivity contribution in [3.8, 4) is 5.75 Å². The van der Waals surface area contributed by atoms with Crippen LogP contribution in [0.15, 0.2) is 30.3 Å². The van der Waals surface area contributed by atoms with Gasteiger partial charge in [0.2, 0.25) is 0 Å². The van der Waals surface area contributed by atoms with Crippen molar-refractivity contribution in [2.24, 2.45) is 0 Å². The SMILES string of the molecule is CNc1cc(C)nc(COc2ccc([N+](=O)[O-])cc2)n1. The highest BCUT2D eigenvalue weighted by atomic mass is 16.6. The third-order valence-corrected chi connectivity index (χ3v) is 2.57. The quantitative estimate of drug-likeness (QED) is 0.664. The fourth-order valence-electron chi connectivity index (χ4n) is 1.63. The van der Waals surface area contributed by atoms with E-state index in [2.05, 4.69) is 15.3 Å². The number of benzene rings is 1. The molecule has 0 aliphatic rings. The van der Waals surface area contributed by atoms with Crippen molar-refractivity contribution < 1.29 is 9.66 Å². The molecule has 0 amide bonds. The number of anilines is 1. The molecule has 0 fully saturated rings. The molecule has 1 aromatic heterocycles. The maximum absolute atomic E-state index is 10.5. The lowest BCUT2D eigenvalue weighted by Crippen LogP contribution is -2.05. The predicted molar refractivity (Wildman–Crippen MR) is 73.7 cm³/mol. The normalized spacial score (nSPS) is 10.1. The number of non-ortho nitro benzene ring substituents is 1. The second-order valence-corrected chi connectivity index (χ2v) is 4.10. The van der Waals surface area contributed by atoms with Gasteiger partial charge >= 0.3 is 0 Å². The van der Waals surface area contributed by atoms with Crippen LogP contribution >= 0.6 is 0 Å². The molecule has 0 radical (unpaired) electrons. The third kappa shape index (κ3) is 3.41. The molecule has 0 spiro atoms. The summed E-state index contributed by atoms with van der Waals surface area (Å²) >= 11 is 0. The number of aromatic nitrogens is 2. The maximum atomic E-state index is 10.5. The molecule has 0 atom stereocenters. The van der Waals surface area contributed by atoms with E-state index < -0.39 is 4.92 Å². The Morgan fingerprint density at radius 3 is 2.60 bits per heavy atom. The lowest BCUT2D eigenvalue weighted by molar-refractivity contribution is -0.384. The predicted octanol–water partition coefficient (Wildman–Crippen LogP) is 2.31. The molecule has 1 N–H and O–H groups in total. The summed E-state index contributed by atoms with van der Waals surface area (Å²) in [6.07, 6.45) is 0. The van der Waals surface area contributed by atoms with E-state index in [1.54, 1.807) is 19.2 Å². The van der Waals surface area contributed by atoms with Crippen LogP contribution in [0.1, 0.15) is 11.5 Å². The van der Waals surface area contributed by atoms with Crippen LogP contribution in [0.25, 0.3) is 0 Å². The Hall–Kier alpha value is -2.70. The maximum Gasteiger partial charge on any atom is 0.269 e. The number of nitro benzene ring substituents is 1. The molecule has 20 heavy (non-hydrogen) atoms. The second kappa shape index (κ2) is 5.96. The van der Waals surface area contributed by atoms with Crippen LogP contribution in [0.5, 0.6) is 5.75 Å². The van der Waals surface area contributed by atoms with Crippen molar-refractivity contribution in [1.82, 2.24) is 9.97 Å².